The first-order valence-electron chi connectivity index (χ1n) is 4.15. The highest BCUT2D eigenvalue weighted by Gasteiger charge is 2.23. The van der Waals surface area contributed by atoms with E-state index < -0.39 is 0 Å². The van der Waals surface area contributed by atoms with Gasteiger partial charge in [-0.3, -0.25) is 0 Å². The molecule has 0 spiro atoms. The van der Waals surface area contributed by atoms with Gasteiger partial charge in [-0.25, -0.2) is 0 Å². The van der Waals surface area contributed by atoms with Crippen molar-refractivity contribution in [2.24, 2.45) is 5.73 Å². The minimum atomic E-state index is 0.339. The molecule has 1 unspecified atom stereocenters. The van der Waals surface area contributed by atoms with Crippen LogP contribution >= 0.6 is 23.2 Å². The van der Waals surface area contributed by atoms with Gasteiger partial charge >= 0.3 is 0 Å². The van der Waals surface area contributed by atoms with Crippen LogP contribution in [0.25, 0.3) is 0 Å². The van der Waals surface area contributed by atoms with Gasteiger partial charge in [0, 0.05) is 24.0 Å². The van der Waals surface area contributed by atoms with Crippen LogP contribution in [0.3, 0.4) is 0 Å². The fraction of sp³-hybridized carbons (Fsp3) is 0.333. The van der Waals surface area contributed by atoms with Crippen LogP contribution in [0.1, 0.15) is 11.5 Å². The second-order valence-corrected chi connectivity index (χ2v) is 4.01. The van der Waals surface area contributed by atoms with Crippen LogP contribution in [-0.4, -0.2) is 13.1 Å². The molecule has 70 valence electrons. The van der Waals surface area contributed by atoms with Gasteiger partial charge in [-0.05, 0) is 17.7 Å². The van der Waals surface area contributed by atoms with Crippen LogP contribution in [0.4, 0.5) is 5.69 Å². The highest BCUT2D eigenvalue weighted by molar-refractivity contribution is 6.36. The molecule has 0 fully saturated rings. The smallest absolute Gasteiger partial charge is 0.0655 e. The SMILES string of the molecule is NCC1CNc2c(Cl)cc(Cl)cc21. The zero-order chi connectivity index (χ0) is 9.42. The number of nitrogens with two attached hydrogens (primary N) is 1. The number of rotatable bonds is 1. The van der Waals surface area contributed by atoms with E-state index in [0.717, 1.165) is 17.8 Å². The molecular weight excluding hydrogens is 207 g/mol. The van der Waals surface area contributed by atoms with Crippen molar-refractivity contribution in [2.45, 2.75) is 5.92 Å². The Labute approximate surface area is 87.0 Å². The minimum Gasteiger partial charge on any atom is -0.383 e. The standard InChI is InChI=1S/C9H10Cl2N2/c10-6-1-7-5(3-12)4-13-9(7)8(11)2-6/h1-2,5,13H,3-4,12H2. The molecule has 3 N–H and O–H groups in total. The van der Waals surface area contributed by atoms with Gasteiger partial charge in [0.2, 0.25) is 0 Å². The number of hydrogen-bond acceptors (Lipinski definition) is 2. The van der Waals surface area contributed by atoms with E-state index in [1.807, 2.05) is 6.07 Å². The Bertz CT molecular complexity index is 339. The number of anilines is 1. The van der Waals surface area contributed by atoms with Crippen molar-refractivity contribution in [2.75, 3.05) is 18.4 Å². The zero-order valence-corrected chi connectivity index (χ0v) is 8.49. The number of hydrogen-bond donors (Lipinski definition) is 2. The molecule has 0 aromatic heterocycles. The predicted molar refractivity (Wildman–Crippen MR) is 56.7 cm³/mol. The van der Waals surface area contributed by atoms with Gasteiger partial charge in [0.15, 0.2) is 0 Å². The van der Waals surface area contributed by atoms with Crippen molar-refractivity contribution in [1.82, 2.24) is 0 Å². The molecule has 0 bridgehead atoms. The lowest BCUT2D eigenvalue weighted by Gasteiger charge is -2.06. The largest absolute Gasteiger partial charge is 0.383 e. The summed E-state index contributed by atoms with van der Waals surface area (Å²) in [6, 6.07) is 3.67. The van der Waals surface area contributed by atoms with Crippen LogP contribution in [0.15, 0.2) is 12.1 Å². The van der Waals surface area contributed by atoms with E-state index in [4.69, 9.17) is 28.9 Å². The van der Waals surface area contributed by atoms with Crippen molar-refractivity contribution in [1.29, 1.82) is 0 Å². The van der Waals surface area contributed by atoms with Crippen LogP contribution in [-0.2, 0) is 0 Å². The maximum atomic E-state index is 6.01. The lowest BCUT2D eigenvalue weighted by molar-refractivity contribution is 0.767. The van der Waals surface area contributed by atoms with E-state index in [9.17, 15) is 0 Å². The molecule has 0 aliphatic carbocycles. The maximum Gasteiger partial charge on any atom is 0.0655 e. The van der Waals surface area contributed by atoms with Crippen molar-refractivity contribution < 1.29 is 0 Å². The Morgan fingerprint density at radius 3 is 2.92 bits per heavy atom. The lowest BCUT2D eigenvalue weighted by atomic mass is 10.0. The van der Waals surface area contributed by atoms with Crippen molar-refractivity contribution in [3.8, 4) is 0 Å². The lowest BCUT2D eigenvalue weighted by Crippen LogP contribution is -2.13. The second kappa shape index (κ2) is 3.37. The van der Waals surface area contributed by atoms with Crippen LogP contribution < -0.4 is 11.1 Å². The number of benzene rings is 1. The van der Waals surface area contributed by atoms with Gasteiger partial charge in [0.25, 0.3) is 0 Å². The van der Waals surface area contributed by atoms with E-state index in [1.165, 1.54) is 0 Å². The third kappa shape index (κ3) is 1.50. The monoisotopic (exact) mass is 216 g/mol. The Balaban J connectivity index is 2.51. The van der Waals surface area contributed by atoms with Gasteiger partial charge in [-0.2, -0.15) is 0 Å². The quantitative estimate of drug-likeness (QED) is 0.758. The Morgan fingerprint density at radius 1 is 1.46 bits per heavy atom. The summed E-state index contributed by atoms with van der Waals surface area (Å²) >= 11 is 11.9. The van der Waals surface area contributed by atoms with Gasteiger partial charge in [0.05, 0.1) is 10.7 Å². The molecule has 0 saturated carbocycles. The van der Waals surface area contributed by atoms with E-state index in [0.29, 0.717) is 22.5 Å². The third-order valence-electron chi connectivity index (χ3n) is 2.34. The summed E-state index contributed by atoms with van der Waals surface area (Å²) in [4.78, 5) is 0. The minimum absolute atomic E-state index is 0.339. The fourth-order valence-corrected chi connectivity index (χ4v) is 2.22. The molecule has 2 nitrogen and oxygen atoms in total. The predicted octanol–water partition coefficient (Wildman–Crippen LogP) is 2.46. The fourth-order valence-electron chi connectivity index (χ4n) is 1.65. The van der Waals surface area contributed by atoms with Gasteiger partial charge in [-0.1, -0.05) is 23.2 Å². The zero-order valence-electron chi connectivity index (χ0n) is 6.98. The molecule has 4 heteroatoms. The Kier molecular flexibility index (Phi) is 2.37. The average Bonchev–Trinajstić information content (AvgIpc) is 2.47. The Morgan fingerprint density at radius 2 is 2.23 bits per heavy atom. The highest BCUT2D eigenvalue weighted by atomic mass is 35.5. The van der Waals surface area contributed by atoms with E-state index in [1.54, 1.807) is 6.07 Å². The summed E-state index contributed by atoms with van der Waals surface area (Å²) in [5.41, 5.74) is 7.75. The molecule has 0 amide bonds. The van der Waals surface area contributed by atoms with Gasteiger partial charge < -0.3 is 11.1 Å². The van der Waals surface area contributed by atoms with E-state index >= 15 is 0 Å². The molecule has 1 atom stereocenters. The summed E-state index contributed by atoms with van der Waals surface area (Å²) in [5.74, 6) is 0.339. The second-order valence-electron chi connectivity index (χ2n) is 3.17. The molecule has 1 aromatic carbocycles. The van der Waals surface area contributed by atoms with Crippen LogP contribution in [0.5, 0.6) is 0 Å². The topological polar surface area (TPSA) is 38.0 Å². The molecule has 1 aromatic rings. The molecule has 1 aliphatic heterocycles. The normalized spacial score (nSPS) is 19.8. The highest BCUT2D eigenvalue weighted by Crippen LogP contribution is 2.38. The maximum absolute atomic E-state index is 6.01. The van der Waals surface area contributed by atoms with E-state index in [2.05, 4.69) is 5.32 Å². The molecule has 0 saturated heterocycles. The third-order valence-corrected chi connectivity index (χ3v) is 2.85. The first-order chi connectivity index (χ1) is 6.22. The van der Waals surface area contributed by atoms with Crippen molar-refractivity contribution >= 4 is 28.9 Å². The summed E-state index contributed by atoms with van der Waals surface area (Å²) in [5, 5.41) is 4.58. The summed E-state index contributed by atoms with van der Waals surface area (Å²) in [6.45, 7) is 1.47. The van der Waals surface area contributed by atoms with Crippen molar-refractivity contribution in [3.63, 3.8) is 0 Å². The summed E-state index contributed by atoms with van der Waals surface area (Å²) in [7, 11) is 0. The molecule has 0 radical (unpaired) electrons. The molecule has 1 heterocycles. The molecule has 1 aliphatic rings. The molecular formula is C9H10Cl2N2. The van der Waals surface area contributed by atoms with Crippen LogP contribution in [0.2, 0.25) is 10.0 Å². The van der Waals surface area contributed by atoms with Gasteiger partial charge in [0.1, 0.15) is 0 Å². The molecule has 13 heavy (non-hydrogen) atoms. The number of nitrogens with one attached hydrogen (secondary N) is 1. The first kappa shape index (κ1) is 9.13. The van der Waals surface area contributed by atoms with Crippen LogP contribution in [0, 0.1) is 0 Å². The first-order valence-corrected chi connectivity index (χ1v) is 4.91. The molecule has 2 rings (SSSR count). The summed E-state index contributed by atoms with van der Waals surface area (Å²) in [6.07, 6.45) is 0. The number of fused-ring (bicyclic) bond motifs is 1. The number of halogens is 2. The summed E-state index contributed by atoms with van der Waals surface area (Å²) < 4.78 is 0. The van der Waals surface area contributed by atoms with Gasteiger partial charge in [-0.15, -0.1) is 0 Å². The van der Waals surface area contributed by atoms with E-state index in [-0.39, 0.29) is 0 Å². The van der Waals surface area contributed by atoms with Crippen molar-refractivity contribution in [3.05, 3.63) is 27.7 Å². The average molecular weight is 217 g/mol. The Hall–Kier alpha value is -0.440.